The number of hydrogen-bond donors (Lipinski definition) is 2. The summed E-state index contributed by atoms with van der Waals surface area (Å²) in [6, 6.07) is 20.0. The first-order valence-electron chi connectivity index (χ1n) is 10.7. The summed E-state index contributed by atoms with van der Waals surface area (Å²) in [5.41, 5.74) is 10.7. The molecule has 0 bridgehead atoms. The maximum absolute atomic E-state index is 12.6. The van der Waals surface area contributed by atoms with Crippen molar-refractivity contribution in [2.75, 3.05) is 18.9 Å². The van der Waals surface area contributed by atoms with Gasteiger partial charge in [0.1, 0.15) is 12.4 Å². The Hall–Kier alpha value is -3.94. The Morgan fingerprint density at radius 2 is 1.65 bits per heavy atom. The van der Waals surface area contributed by atoms with E-state index in [1.807, 2.05) is 36.4 Å². The lowest BCUT2D eigenvalue weighted by Gasteiger charge is -2.14. The smallest absolute Gasteiger partial charge is 0.449 e. The average molecular weight is 468 g/mol. The van der Waals surface area contributed by atoms with Crippen molar-refractivity contribution in [1.29, 1.82) is 0 Å². The highest BCUT2D eigenvalue weighted by atomic mass is 19.4. The second kappa shape index (κ2) is 9.91. The van der Waals surface area contributed by atoms with Crippen LogP contribution in [0.2, 0.25) is 0 Å². The predicted octanol–water partition coefficient (Wildman–Crippen LogP) is 6.11. The Labute approximate surface area is 195 Å². The van der Waals surface area contributed by atoms with Crippen molar-refractivity contribution in [2.24, 2.45) is 0 Å². The van der Waals surface area contributed by atoms with Crippen molar-refractivity contribution < 1.29 is 27.4 Å². The molecule has 3 aromatic rings. The van der Waals surface area contributed by atoms with Gasteiger partial charge in [-0.25, -0.2) is 4.79 Å². The molecule has 0 atom stereocenters. The molecule has 0 heterocycles. The van der Waals surface area contributed by atoms with Crippen LogP contribution in [0.4, 0.5) is 23.7 Å². The number of benzene rings is 3. The van der Waals surface area contributed by atoms with Crippen LogP contribution in [0.25, 0.3) is 17.2 Å². The molecule has 4 rings (SSSR count). The van der Waals surface area contributed by atoms with E-state index < -0.39 is 12.5 Å². The Bertz CT molecular complexity index is 1160. The van der Waals surface area contributed by atoms with Gasteiger partial charge in [-0.3, -0.25) is 0 Å². The quantitative estimate of drug-likeness (QED) is 0.324. The van der Waals surface area contributed by atoms with Gasteiger partial charge in [0, 0.05) is 23.7 Å². The van der Waals surface area contributed by atoms with Gasteiger partial charge in [0.2, 0.25) is 0 Å². The number of carbonyl (C=O) groups is 1. The lowest BCUT2D eigenvalue weighted by atomic mass is 9.98. The number of ether oxygens (including phenoxy) is 2. The number of rotatable bonds is 7. The molecule has 3 aromatic carbocycles. The van der Waals surface area contributed by atoms with Crippen molar-refractivity contribution in [3.05, 3.63) is 89.5 Å². The third-order valence-electron chi connectivity index (χ3n) is 5.48. The molecule has 0 fully saturated rings. The van der Waals surface area contributed by atoms with Crippen molar-refractivity contribution >= 4 is 17.9 Å². The van der Waals surface area contributed by atoms with Crippen LogP contribution in [0.1, 0.15) is 29.0 Å². The van der Waals surface area contributed by atoms with Crippen molar-refractivity contribution in [2.45, 2.75) is 18.7 Å². The van der Waals surface area contributed by atoms with Crippen LogP contribution in [-0.4, -0.2) is 25.6 Å². The molecule has 0 aromatic heterocycles. The van der Waals surface area contributed by atoms with Gasteiger partial charge in [0.25, 0.3) is 0 Å². The monoisotopic (exact) mass is 468 g/mol. The lowest BCUT2D eigenvalue weighted by Crippen LogP contribution is -2.26. The van der Waals surface area contributed by atoms with Crippen LogP contribution in [0.15, 0.2) is 72.8 Å². The number of nitrogen functional groups attached to an aromatic ring is 1. The van der Waals surface area contributed by atoms with Gasteiger partial charge in [-0.1, -0.05) is 60.7 Å². The normalized spacial score (nSPS) is 12.9. The summed E-state index contributed by atoms with van der Waals surface area (Å²) in [7, 11) is 0. The van der Waals surface area contributed by atoms with Crippen LogP contribution >= 0.6 is 0 Å². The Morgan fingerprint density at radius 1 is 1.00 bits per heavy atom. The van der Waals surface area contributed by atoms with E-state index in [4.69, 9.17) is 10.5 Å². The molecule has 0 saturated heterocycles. The molecule has 8 heteroatoms. The number of nitrogens with one attached hydrogen (secondary N) is 1. The number of alkyl halides is 3. The number of amides is 1. The van der Waals surface area contributed by atoms with Crippen molar-refractivity contribution in [3.8, 4) is 16.9 Å². The fourth-order valence-electron chi connectivity index (χ4n) is 4.03. The molecule has 0 unspecified atom stereocenters. The van der Waals surface area contributed by atoms with E-state index >= 15 is 0 Å². The standard InChI is InChI=1S/C26H23F3N2O3/c27-26(28,29)34-24-13-12-18(30)15-17(24)7-5-6-14-31-25(32)33-16-23-21-10-3-1-8-19(21)20-9-2-4-11-22(20)23/h1-5,7-13,15,23H,6,14,16,30H2,(H,31,32). The minimum absolute atomic E-state index is 0.0337. The zero-order chi connectivity index (χ0) is 24.1. The summed E-state index contributed by atoms with van der Waals surface area (Å²) in [6.07, 6.45) is -1.88. The van der Waals surface area contributed by atoms with E-state index in [-0.39, 0.29) is 30.4 Å². The zero-order valence-corrected chi connectivity index (χ0v) is 18.1. The summed E-state index contributed by atoms with van der Waals surface area (Å²) < 4.78 is 47.2. The van der Waals surface area contributed by atoms with Gasteiger partial charge in [0.15, 0.2) is 0 Å². The molecule has 0 spiro atoms. The first-order chi connectivity index (χ1) is 16.3. The summed E-state index contributed by atoms with van der Waals surface area (Å²) in [4.78, 5) is 12.2. The minimum atomic E-state index is -4.80. The van der Waals surface area contributed by atoms with E-state index in [9.17, 15) is 18.0 Å². The van der Waals surface area contributed by atoms with Crippen LogP contribution in [0.5, 0.6) is 5.75 Å². The van der Waals surface area contributed by atoms with Crippen LogP contribution in [0.3, 0.4) is 0 Å². The summed E-state index contributed by atoms with van der Waals surface area (Å²) in [5, 5.41) is 2.66. The first-order valence-corrected chi connectivity index (χ1v) is 10.7. The first kappa shape index (κ1) is 23.2. The summed E-state index contributed by atoms with van der Waals surface area (Å²) in [6.45, 7) is 0.460. The van der Waals surface area contributed by atoms with Gasteiger partial charge >= 0.3 is 12.5 Å². The highest BCUT2D eigenvalue weighted by molar-refractivity contribution is 5.79. The molecule has 5 nitrogen and oxygen atoms in total. The molecular weight excluding hydrogens is 445 g/mol. The topological polar surface area (TPSA) is 73.6 Å². The average Bonchev–Trinajstić information content (AvgIpc) is 3.12. The molecule has 0 saturated carbocycles. The molecule has 176 valence electrons. The minimum Gasteiger partial charge on any atom is -0.449 e. The van der Waals surface area contributed by atoms with Gasteiger partial charge < -0.3 is 20.5 Å². The largest absolute Gasteiger partial charge is 0.573 e. The number of hydrogen-bond acceptors (Lipinski definition) is 4. The predicted molar refractivity (Wildman–Crippen MR) is 124 cm³/mol. The van der Waals surface area contributed by atoms with Crippen molar-refractivity contribution in [1.82, 2.24) is 5.32 Å². The van der Waals surface area contributed by atoms with E-state index in [2.05, 4.69) is 22.2 Å². The maximum atomic E-state index is 12.6. The number of anilines is 1. The lowest BCUT2D eigenvalue weighted by molar-refractivity contribution is -0.274. The van der Waals surface area contributed by atoms with E-state index in [0.29, 0.717) is 12.1 Å². The Kier molecular flexibility index (Phi) is 6.77. The second-order valence-electron chi connectivity index (χ2n) is 7.79. The number of halogens is 3. The third-order valence-corrected chi connectivity index (χ3v) is 5.48. The number of carbonyl (C=O) groups excluding carboxylic acids is 1. The number of nitrogens with two attached hydrogens (primary N) is 1. The molecule has 3 N–H and O–H groups in total. The molecule has 0 aliphatic heterocycles. The SMILES string of the molecule is Nc1ccc(OC(F)(F)F)c(C=CCCNC(=O)OCC2c3ccccc3-c3ccccc32)c1. The van der Waals surface area contributed by atoms with E-state index in [1.54, 1.807) is 6.08 Å². The van der Waals surface area contributed by atoms with Crippen LogP contribution in [-0.2, 0) is 4.74 Å². The van der Waals surface area contributed by atoms with Crippen LogP contribution < -0.4 is 15.8 Å². The van der Waals surface area contributed by atoms with Crippen molar-refractivity contribution in [3.63, 3.8) is 0 Å². The third kappa shape index (κ3) is 5.51. The zero-order valence-electron chi connectivity index (χ0n) is 18.1. The molecule has 1 amide bonds. The number of fused-ring (bicyclic) bond motifs is 3. The molecule has 0 radical (unpaired) electrons. The summed E-state index contributed by atoms with van der Waals surface area (Å²) >= 11 is 0. The Morgan fingerprint density at radius 3 is 2.29 bits per heavy atom. The van der Waals surface area contributed by atoms with Gasteiger partial charge in [0.05, 0.1) is 0 Å². The van der Waals surface area contributed by atoms with Gasteiger partial charge in [-0.2, -0.15) is 0 Å². The molecule has 34 heavy (non-hydrogen) atoms. The van der Waals surface area contributed by atoms with Gasteiger partial charge in [-0.15, -0.1) is 13.2 Å². The second-order valence-corrected chi connectivity index (χ2v) is 7.79. The van der Waals surface area contributed by atoms with E-state index in [1.165, 1.54) is 18.2 Å². The molecular formula is C26H23F3N2O3. The van der Waals surface area contributed by atoms with Crippen LogP contribution in [0, 0.1) is 0 Å². The maximum Gasteiger partial charge on any atom is 0.573 e. The molecule has 1 aliphatic carbocycles. The fourth-order valence-corrected chi connectivity index (χ4v) is 4.03. The van der Waals surface area contributed by atoms with E-state index in [0.717, 1.165) is 28.3 Å². The van der Waals surface area contributed by atoms with Gasteiger partial charge in [-0.05, 0) is 46.9 Å². The number of alkyl carbamates (subject to hydrolysis) is 1. The highest BCUT2D eigenvalue weighted by Crippen LogP contribution is 2.44. The molecule has 1 aliphatic rings. The highest BCUT2D eigenvalue weighted by Gasteiger charge is 2.32. The Balaban J connectivity index is 1.28. The fraction of sp³-hybridized carbons (Fsp3) is 0.192. The summed E-state index contributed by atoms with van der Waals surface area (Å²) in [5.74, 6) is -0.379.